The molecule has 0 saturated heterocycles. The lowest BCUT2D eigenvalue weighted by molar-refractivity contribution is 0.414. The fourth-order valence-electron chi connectivity index (χ4n) is 3.21. The topological polar surface area (TPSA) is 9.23 Å². The number of fused-ring (bicyclic) bond motifs is 1. The lowest BCUT2D eigenvalue weighted by Crippen LogP contribution is -2.16. The zero-order valence-electron chi connectivity index (χ0n) is 10.2. The average Bonchev–Trinajstić information content (AvgIpc) is 2.97. The first-order valence-electron chi connectivity index (χ1n) is 6.53. The molecule has 0 bridgehead atoms. The highest BCUT2D eigenvalue weighted by atomic mass is 35.5. The Morgan fingerprint density at radius 1 is 1.18 bits per heavy atom. The first-order valence-corrected chi connectivity index (χ1v) is 6.97. The highest BCUT2D eigenvalue weighted by Crippen LogP contribution is 2.56. The van der Waals surface area contributed by atoms with Gasteiger partial charge in [-0.3, -0.25) is 0 Å². The minimum Gasteiger partial charge on any atom is -0.497 e. The quantitative estimate of drug-likeness (QED) is 0.737. The van der Waals surface area contributed by atoms with E-state index in [2.05, 4.69) is 12.1 Å². The summed E-state index contributed by atoms with van der Waals surface area (Å²) in [6.07, 6.45) is 5.21. The van der Waals surface area contributed by atoms with Gasteiger partial charge in [0.05, 0.1) is 7.11 Å². The van der Waals surface area contributed by atoms with Crippen LogP contribution in [0.3, 0.4) is 0 Å². The Hall–Kier alpha value is -0.690. The Morgan fingerprint density at radius 2 is 1.82 bits per heavy atom. The zero-order chi connectivity index (χ0) is 11.8. The van der Waals surface area contributed by atoms with Gasteiger partial charge in [0.25, 0.3) is 0 Å². The maximum Gasteiger partial charge on any atom is 0.118 e. The van der Waals surface area contributed by atoms with Crippen molar-refractivity contribution in [3.63, 3.8) is 0 Å². The second kappa shape index (κ2) is 4.53. The third-order valence-corrected chi connectivity index (χ3v) is 4.89. The van der Waals surface area contributed by atoms with E-state index in [9.17, 15) is 0 Å². The lowest BCUT2D eigenvalue weighted by atomic mass is 9.94. The van der Waals surface area contributed by atoms with Crippen LogP contribution >= 0.6 is 11.6 Å². The van der Waals surface area contributed by atoms with Gasteiger partial charge in [-0.1, -0.05) is 12.1 Å². The highest BCUT2D eigenvalue weighted by Gasteiger charge is 2.47. The molecule has 1 aromatic rings. The summed E-state index contributed by atoms with van der Waals surface area (Å²) in [4.78, 5) is 0. The van der Waals surface area contributed by atoms with Gasteiger partial charge < -0.3 is 4.74 Å². The third kappa shape index (κ3) is 2.44. The van der Waals surface area contributed by atoms with Crippen molar-refractivity contribution in [2.75, 3.05) is 7.11 Å². The Kier molecular flexibility index (Phi) is 3.04. The SMILES string of the molecule is COc1ccc(CC(Cl)C2CC3CC3C2)cc1. The largest absolute Gasteiger partial charge is 0.497 e. The molecule has 0 N–H and O–H groups in total. The van der Waals surface area contributed by atoms with E-state index in [1.165, 1.54) is 24.8 Å². The van der Waals surface area contributed by atoms with Gasteiger partial charge in [-0.15, -0.1) is 11.6 Å². The molecule has 2 heteroatoms. The minimum absolute atomic E-state index is 0.316. The molecule has 3 unspecified atom stereocenters. The van der Waals surface area contributed by atoms with Gasteiger partial charge in [0.1, 0.15) is 5.75 Å². The van der Waals surface area contributed by atoms with Crippen molar-refractivity contribution < 1.29 is 4.74 Å². The lowest BCUT2D eigenvalue weighted by Gasteiger charge is -2.18. The molecule has 0 radical (unpaired) electrons. The van der Waals surface area contributed by atoms with Crippen LogP contribution in [0.1, 0.15) is 24.8 Å². The van der Waals surface area contributed by atoms with E-state index in [0.717, 1.165) is 29.9 Å². The van der Waals surface area contributed by atoms with Crippen LogP contribution in [0.2, 0.25) is 0 Å². The molecular formula is C15H19ClO. The second-order valence-corrected chi connectivity index (χ2v) is 6.12. The highest BCUT2D eigenvalue weighted by molar-refractivity contribution is 6.20. The average molecular weight is 251 g/mol. The monoisotopic (exact) mass is 250 g/mol. The van der Waals surface area contributed by atoms with Gasteiger partial charge in [0, 0.05) is 5.38 Å². The molecule has 17 heavy (non-hydrogen) atoms. The summed E-state index contributed by atoms with van der Waals surface area (Å²) in [7, 11) is 1.70. The summed E-state index contributed by atoms with van der Waals surface area (Å²) >= 11 is 6.55. The van der Waals surface area contributed by atoms with Crippen LogP contribution in [0, 0.1) is 17.8 Å². The Bertz CT molecular complexity index is 376. The maximum absolute atomic E-state index is 6.55. The predicted molar refractivity (Wildman–Crippen MR) is 70.7 cm³/mol. The van der Waals surface area contributed by atoms with E-state index in [1.54, 1.807) is 7.11 Å². The molecule has 3 rings (SSSR count). The van der Waals surface area contributed by atoms with Crippen LogP contribution in [0.5, 0.6) is 5.75 Å². The van der Waals surface area contributed by atoms with Crippen molar-refractivity contribution in [2.45, 2.75) is 31.1 Å². The molecule has 0 amide bonds. The van der Waals surface area contributed by atoms with Gasteiger partial charge in [-0.05, 0) is 61.1 Å². The van der Waals surface area contributed by atoms with Crippen molar-refractivity contribution in [3.05, 3.63) is 29.8 Å². The standard InChI is InChI=1S/C15H19ClO/c1-17-14-4-2-10(3-5-14)6-15(16)13-8-11-7-12(11)9-13/h2-5,11-13,15H,6-9H2,1H3. The van der Waals surface area contributed by atoms with Gasteiger partial charge in [0.2, 0.25) is 0 Å². The van der Waals surface area contributed by atoms with Crippen LogP contribution in [-0.4, -0.2) is 12.5 Å². The number of rotatable bonds is 4. The molecule has 2 fully saturated rings. The van der Waals surface area contributed by atoms with Gasteiger partial charge in [0.15, 0.2) is 0 Å². The van der Waals surface area contributed by atoms with E-state index in [0.29, 0.717) is 5.38 Å². The fourth-order valence-corrected chi connectivity index (χ4v) is 3.59. The molecule has 3 atom stereocenters. The van der Waals surface area contributed by atoms with E-state index in [-0.39, 0.29) is 0 Å². The molecule has 0 aliphatic heterocycles. The minimum atomic E-state index is 0.316. The summed E-state index contributed by atoms with van der Waals surface area (Å²) in [6.45, 7) is 0. The second-order valence-electron chi connectivity index (χ2n) is 5.56. The van der Waals surface area contributed by atoms with Crippen molar-refractivity contribution in [1.29, 1.82) is 0 Å². The maximum atomic E-state index is 6.55. The number of halogens is 1. The van der Waals surface area contributed by atoms with Crippen molar-refractivity contribution in [2.24, 2.45) is 17.8 Å². The van der Waals surface area contributed by atoms with Gasteiger partial charge >= 0.3 is 0 Å². The molecule has 92 valence electrons. The molecule has 2 saturated carbocycles. The molecule has 0 spiro atoms. The van der Waals surface area contributed by atoms with Crippen molar-refractivity contribution >= 4 is 11.6 Å². The van der Waals surface area contributed by atoms with E-state index in [1.807, 2.05) is 12.1 Å². The summed E-state index contributed by atoms with van der Waals surface area (Å²) in [5, 5.41) is 0.316. The van der Waals surface area contributed by atoms with Gasteiger partial charge in [-0.25, -0.2) is 0 Å². The molecular weight excluding hydrogens is 232 g/mol. The molecule has 0 heterocycles. The normalized spacial score (nSPS) is 32.0. The van der Waals surface area contributed by atoms with E-state index >= 15 is 0 Å². The third-order valence-electron chi connectivity index (χ3n) is 4.38. The van der Waals surface area contributed by atoms with Gasteiger partial charge in [-0.2, -0.15) is 0 Å². The first-order chi connectivity index (χ1) is 8.26. The Balaban J connectivity index is 1.57. The predicted octanol–water partition coefficient (Wildman–Crippen LogP) is 3.89. The van der Waals surface area contributed by atoms with E-state index in [4.69, 9.17) is 16.3 Å². The molecule has 1 nitrogen and oxygen atoms in total. The summed E-state index contributed by atoms with van der Waals surface area (Å²) in [6, 6.07) is 8.30. The number of methoxy groups -OCH3 is 1. The van der Waals surface area contributed by atoms with Crippen LogP contribution in [0.15, 0.2) is 24.3 Å². The van der Waals surface area contributed by atoms with Crippen LogP contribution in [-0.2, 0) is 6.42 Å². The van der Waals surface area contributed by atoms with E-state index < -0.39 is 0 Å². The Labute approximate surface area is 108 Å². The molecule has 0 aromatic heterocycles. The first kappa shape index (κ1) is 11.4. The fraction of sp³-hybridized carbons (Fsp3) is 0.600. The van der Waals surface area contributed by atoms with Crippen LogP contribution < -0.4 is 4.74 Å². The zero-order valence-corrected chi connectivity index (χ0v) is 11.0. The Morgan fingerprint density at radius 3 is 2.41 bits per heavy atom. The summed E-state index contributed by atoms with van der Waals surface area (Å²) in [5.41, 5.74) is 1.33. The van der Waals surface area contributed by atoms with Crippen LogP contribution in [0.4, 0.5) is 0 Å². The molecule has 2 aliphatic carbocycles. The molecule has 1 aromatic carbocycles. The van der Waals surface area contributed by atoms with Crippen LogP contribution in [0.25, 0.3) is 0 Å². The van der Waals surface area contributed by atoms with Crippen molar-refractivity contribution in [3.8, 4) is 5.75 Å². The molecule has 2 aliphatic rings. The number of hydrogen-bond acceptors (Lipinski definition) is 1. The number of hydrogen-bond donors (Lipinski definition) is 0. The summed E-state index contributed by atoms with van der Waals surface area (Å²) in [5.74, 6) is 3.72. The van der Waals surface area contributed by atoms with Crippen molar-refractivity contribution in [1.82, 2.24) is 0 Å². The smallest absolute Gasteiger partial charge is 0.118 e. The number of alkyl halides is 1. The number of benzene rings is 1. The summed E-state index contributed by atoms with van der Waals surface area (Å²) < 4.78 is 5.16. The number of ether oxygens (including phenoxy) is 1.